The molecule has 0 unspecified atom stereocenters. The number of rotatable bonds is 4. The standard InChI is InChI=1S/C20H19N3O4S2/c1-11-21-19(17-15-4-2-3-5-16(15)29-20(17)22-11)28-9-13-7-14(23(24)25)6-12-8-26-10-27-18(12)13/h6-7H,2-5,8-10H2,1H3. The van der Waals surface area contributed by atoms with Crippen molar-refractivity contribution in [3.8, 4) is 5.75 Å². The van der Waals surface area contributed by atoms with Crippen LogP contribution in [0.15, 0.2) is 17.2 Å². The smallest absolute Gasteiger partial charge is 0.270 e. The zero-order chi connectivity index (χ0) is 20.0. The first-order valence-corrected chi connectivity index (χ1v) is 11.3. The number of ether oxygens (including phenoxy) is 2. The van der Waals surface area contributed by atoms with Crippen molar-refractivity contribution in [2.75, 3.05) is 6.79 Å². The SMILES string of the molecule is Cc1nc(SCc2cc([N+](=O)[O-])cc3c2OCOC3)c2c3c(sc2n1)CCCC3. The molecule has 0 fully saturated rings. The number of hydrogen-bond acceptors (Lipinski definition) is 8. The second kappa shape index (κ2) is 7.55. The van der Waals surface area contributed by atoms with Crippen molar-refractivity contribution >= 4 is 39.0 Å². The second-order valence-electron chi connectivity index (χ2n) is 7.22. The average Bonchev–Trinajstić information content (AvgIpc) is 3.09. The molecular formula is C20H19N3O4S2. The third kappa shape index (κ3) is 3.47. The summed E-state index contributed by atoms with van der Waals surface area (Å²) in [6, 6.07) is 3.14. The van der Waals surface area contributed by atoms with Gasteiger partial charge in [-0.25, -0.2) is 9.97 Å². The first-order valence-electron chi connectivity index (χ1n) is 9.52. The van der Waals surface area contributed by atoms with Crippen molar-refractivity contribution in [3.05, 3.63) is 49.6 Å². The van der Waals surface area contributed by atoms with E-state index in [1.165, 1.54) is 34.7 Å². The van der Waals surface area contributed by atoms with Gasteiger partial charge in [-0.05, 0) is 38.2 Å². The molecule has 1 aliphatic heterocycles. The maximum atomic E-state index is 11.4. The summed E-state index contributed by atoms with van der Waals surface area (Å²) < 4.78 is 11.0. The van der Waals surface area contributed by atoms with Crippen LogP contribution in [0, 0.1) is 17.0 Å². The lowest BCUT2D eigenvalue weighted by Crippen LogP contribution is -2.13. The largest absolute Gasteiger partial charge is 0.467 e. The van der Waals surface area contributed by atoms with Gasteiger partial charge in [0, 0.05) is 39.3 Å². The highest BCUT2D eigenvalue weighted by molar-refractivity contribution is 7.98. The Kier molecular flexibility index (Phi) is 4.89. The minimum atomic E-state index is -0.370. The molecule has 1 aliphatic carbocycles. The molecule has 1 aromatic carbocycles. The van der Waals surface area contributed by atoms with Gasteiger partial charge >= 0.3 is 0 Å². The van der Waals surface area contributed by atoms with E-state index in [2.05, 4.69) is 4.98 Å². The van der Waals surface area contributed by atoms with Crippen molar-refractivity contribution in [1.82, 2.24) is 9.97 Å². The molecule has 0 saturated carbocycles. The van der Waals surface area contributed by atoms with Gasteiger partial charge in [0.05, 0.1) is 11.5 Å². The lowest BCUT2D eigenvalue weighted by Gasteiger charge is -2.20. The summed E-state index contributed by atoms with van der Waals surface area (Å²) in [5.41, 5.74) is 2.98. The Labute approximate surface area is 175 Å². The van der Waals surface area contributed by atoms with Crippen molar-refractivity contribution in [2.24, 2.45) is 0 Å². The Morgan fingerprint density at radius 2 is 2.14 bits per heavy atom. The summed E-state index contributed by atoms with van der Waals surface area (Å²) in [5, 5.41) is 13.5. The predicted molar refractivity (Wildman–Crippen MR) is 112 cm³/mol. The number of thiophene rings is 1. The highest BCUT2D eigenvalue weighted by Crippen LogP contribution is 2.42. The number of aromatic nitrogens is 2. The molecular weight excluding hydrogens is 410 g/mol. The molecule has 2 aromatic heterocycles. The summed E-state index contributed by atoms with van der Waals surface area (Å²) >= 11 is 3.38. The van der Waals surface area contributed by atoms with Crippen LogP contribution in [-0.2, 0) is 29.9 Å². The number of non-ortho nitro benzene ring substituents is 1. The van der Waals surface area contributed by atoms with Crippen LogP contribution in [-0.4, -0.2) is 21.7 Å². The normalized spacial score (nSPS) is 15.6. The molecule has 3 aromatic rings. The molecule has 9 heteroatoms. The fourth-order valence-electron chi connectivity index (χ4n) is 3.97. The monoisotopic (exact) mass is 429 g/mol. The number of benzene rings is 1. The minimum Gasteiger partial charge on any atom is -0.467 e. The van der Waals surface area contributed by atoms with Gasteiger partial charge in [-0.2, -0.15) is 0 Å². The van der Waals surface area contributed by atoms with Crippen molar-refractivity contribution < 1.29 is 14.4 Å². The number of aryl methyl sites for hydroxylation is 3. The third-order valence-corrected chi connectivity index (χ3v) is 7.45. The van der Waals surface area contributed by atoms with E-state index >= 15 is 0 Å². The van der Waals surface area contributed by atoms with Crippen LogP contribution in [0.5, 0.6) is 5.75 Å². The molecule has 29 heavy (non-hydrogen) atoms. The summed E-state index contributed by atoms with van der Waals surface area (Å²) in [4.78, 5) is 22.9. The fraction of sp³-hybridized carbons (Fsp3) is 0.400. The number of hydrogen-bond donors (Lipinski definition) is 0. The molecule has 0 bridgehead atoms. The Morgan fingerprint density at radius 1 is 1.28 bits per heavy atom. The topological polar surface area (TPSA) is 87.4 Å². The predicted octanol–water partition coefficient (Wildman–Crippen LogP) is 4.95. The van der Waals surface area contributed by atoms with Crippen molar-refractivity contribution in [1.29, 1.82) is 0 Å². The lowest BCUT2D eigenvalue weighted by molar-refractivity contribution is -0.385. The van der Waals surface area contributed by atoms with Gasteiger partial charge < -0.3 is 9.47 Å². The quantitative estimate of drug-likeness (QED) is 0.251. The summed E-state index contributed by atoms with van der Waals surface area (Å²) in [6.45, 7) is 2.40. The van der Waals surface area contributed by atoms with Crippen LogP contribution >= 0.6 is 23.1 Å². The molecule has 150 valence electrons. The highest BCUT2D eigenvalue weighted by atomic mass is 32.2. The fourth-order valence-corrected chi connectivity index (χ4v) is 6.41. The molecule has 0 radical (unpaired) electrons. The van der Waals surface area contributed by atoms with E-state index in [4.69, 9.17) is 14.5 Å². The van der Waals surface area contributed by atoms with Crippen molar-refractivity contribution in [2.45, 2.75) is 50.0 Å². The van der Waals surface area contributed by atoms with Gasteiger partial charge in [0.25, 0.3) is 5.69 Å². The first kappa shape index (κ1) is 18.8. The molecule has 5 rings (SSSR count). The Balaban J connectivity index is 1.53. The summed E-state index contributed by atoms with van der Waals surface area (Å²) in [7, 11) is 0. The van der Waals surface area contributed by atoms with Crippen LogP contribution in [0.4, 0.5) is 5.69 Å². The molecule has 0 amide bonds. The van der Waals surface area contributed by atoms with Crippen LogP contribution in [0.2, 0.25) is 0 Å². The number of nitro benzene ring substituents is 1. The Morgan fingerprint density at radius 3 is 3.00 bits per heavy atom. The maximum Gasteiger partial charge on any atom is 0.270 e. The molecule has 0 N–H and O–H groups in total. The van der Waals surface area contributed by atoms with E-state index in [-0.39, 0.29) is 17.4 Å². The second-order valence-corrected chi connectivity index (χ2v) is 9.26. The minimum absolute atomic E-state index is 0.0605. The van der Waals surface area contributed by atoms with Gasteiger partial charge in [0.2, 0.25) is 0 Å². The summed E-state index contributed by atoms with van der Waals surface area (Å²) in [5.74, 6) is 1.99. The Hall–Kier alpha value is -2.23. The van der Waals surface area contributed by atoms with Gasteiger partial charge in [0.1, 0.15) is 21.4 Å². The molecule has 0 atom stereocenters. The molecule has 0 spiro atoms. The lowest BCUT2D eigenvalue weighted by atomic mass is 9.97. The number of nitrogens with zero attached hydrogens (tertiary/aromatic N) is 3. The van der Waals surface area contributed by atoms with Crippen LogP contribution in [0.1, 0.15) is 40.2 Å². The average molecular weight is 430 g/mol. The van der Waals surface area contributed by atoms with Gasteiger partial charge in [-0.3, -0.25) is 10.1 Å². The molecule has 7 nitrogen and oxygen atoms in total. The Bertz CT molecular complexity index is 1130. The van der Waals surface area contributed by atoms with Crippen molar-refractivity contribution in [3.63, 3.8) is 0 Å². The van der Waals surface area contributed by atoms with Crippen LogP contribution in [0.3, 0.4) is 0 Å². The number of fused-ring (bicyclic) bond motifs is 4. The van der Waals surface area contributed by atoms with Gasteiger partial charge in [-0.1, -0.05) is 0 Å². The van der Waals surface area contributed by atoms with E-state index in [1.54, 1.807) is 29.2 Å². The van der Waals surface area contributed by atoms with E-state index in [0.717, 1.165) is 39.6 Å². The molecule has 2 aliphatic rings. The van der Waals surface area contributed by atoms with Gasteiger partial charge in [-0.15, -0.1) is 23.1 Å². The summed E-state index contributed by atoms with van der Waals surface area (Å²) in [6.07, 6.45) is 4.62. The van der Waals surface area contributed by atoms with E-state index in [9.17, 15) is 10.1 Å². The van der Waals surface area contributed by atoms with Crippen LogP contribution < -0.4 is 4.74 Å². The zero-order valence-electron chi connectivity index (χ0n) is 15.9. The van der Waals surface area contributed by atoms with Crippen LogP contribution in [0.25, 0.3) is 10.2 Å². The molecule has 0 saturated heterocycles. The highest BCUT2D eigenvalue weighted by Gasteiger charge is 2.23. The molecule has 3 heterocycles. The van der Waals surface area contributed by atoms with E-state index < -0.39 is 0 Å². The third-order valence-electron chi connectivity index (χ3n) is 5.24. The van der Waals surface area contributed by atoms with E-state index in [0.29, 0.717) is 18.1 Å². The van der Waals surface area contributed by atoms with E-state index in [1.807, 2.05) is 6.92 Å². The first-order chi connectivity index (χ1) is 14.1. The number of thioether (sulfide) groups is 1. The maximum absolute atomic E-state index is 11.4. The number of nitro groups is 1. The zero-order valence-corrected chi connectivity index (χ0v) is 17.5. The van der Waals surface area contributed by atoms with Gasteiger partial charge in [0.15, 0.2) is 6.79 Å².